The number of hydrogen-bond acceptors (Lipinski definition) is 6. The Morgan fingerprint density at radius 3 is 2.55 bits per heavy atom. The first kappa shape index (κ1) is 23.8. The fourth-order valence-corrected chi connectivity index (χ4v) is 4.85. The molecule has 1 fully saturated rings. The summed E-state index contributed by atoms with van der Waals surface area (Å²) in [5.74, 6) is 0. The van der Waals surface area contributed by atoms with E-state index in [9.17, 15) is 18.0 Å². The van der Waals surface area contributed by atoms with E-state index in [4.69, 9.17) is 0 Å². The standard InChI is InChI=1S/C20H25F3N4O2S2/c1-15-13-30-19(24-15)31-17-5-3-16(4-6-17)25-18(28)27-10-8-26(9-11-27)7-2-12-29-14-20(21,22)23/h3-6,13H,2,7-12,14H2,1H3,(H,25,28). The molecular weight excluding hydrogens is 449 g/mol. The van der Waals surface area contributed by atoms with Crippen molar-refractivity contribution in [1.82, 2.24) is 14.8 Å². The van der Waals surface area contributed by atoms with Crippen molar-refractivity contribution in [3.8, 4) is 0 Å². The predicted molar refractivity (Wildman–Crippen MR) is 116 cm³/mol. The lowest BCUT2D eigenvalue weighted by molar-refractivity contribution is -0.174. The number of ether oxygens (including phenoxy) is 1. The molecule has 1 aromatic heterocycles. The summed E-state index contributed by atoms with van der Waals surface area (Å²) in [7, 11) is 0. The highest BCUT2D eigenvalue weighted by molar-refractivity contribution is 8.01. The third kappa shape index (κ3) is 8.32. The zero-order valence-electron chi connectivity index (χ0n) is 17.2. The zero-order chi connectivity index (χ0) is 22.3. The third-order valence-electron chi connectivity index (χ3n) is 4.60. The maximum Gasteiger partial charge on any atom is 0.411 e. The number of nitrogens with zero attached hydrogens (tertiary/aromatic N) is 3. The van der Waals surface area contributed by atoms with E-state index in [0.717, 1.165) is 20.6 Å². The number of amides is 2. The Balaban J connectivity index is 1.35. The van der Waals surface area contributed by atoms with Gasteiger partial charge in [0, 0.05) is 61.0 Å². The molecule has 1 aliphatic rings. The molecule has 0 atom stereocenters. The Morgan fingerprint density at radius 1 is 1.23 bits per heavy atom. The van der Waals surface area contributed by atoms with E-state index in [1.165, 1.54) is 0 Å². The van der Waals surface area contributed by atoms with E-state index >= 15 is 0 Å². The molecule has 0 aliphatic carbocycles. The summed E-state index contributed by atoms with van der Waals surface area (Å²) < 4.78 is 41.7. The molecule has 0 saturated carbocycles. The average molecular weight is 475 g/mol. The van der Waals surface area contributed by atoms with E-state index in [-0.39, 0.29) is 12.6 Å². The maximum absolute atomic E-state index is 12.5. The number of alkyl halides is 3. The molecule has 2 aromatic rings. The van der Waals surface area contributed by atoms with Crippen LogP contribution in [0.25, 0.3) is 0 Å². The van der Waals surface area contributed by atoms with E-state index < -0.39 is 12.8 Å². The molecule has 1 aromatic carbocycles. The van der Waals surface area contributed by atoms with Crippen molar-refractivity contribution in [2.24, 2.45) is 0 Å². The summed E-state index contributed by atoms with van der Waals surface area (Å²) in [4.78, 5) is 21.9. The Morgan fingerprint density at radius 2 is 1.94 bits per heavy atom. The van der Waals surface area contributed by atoms with Gasteiger partial charge in [-0.3, -0.25) is 4.90 Å². The van der Waals surface area contributed by atoms with Gasteiger partial charge in [-0.25, -0.2) is 9.78 Å². The highest BCUT2D eigenvalue weighted by Gasteiger charge is 2.27. The molecule has 0 bridgehead atoms. The molecule has 6 nitrogen and oxygen atoms in total. The molecule has 1 saturated heterocycles. The van der Waals surface area contributed by atoms with Gasteiger partial charge >= 0.3 is 12.2 Å². The number of anilines is 1. The topological polar surface area (TPSA) is 57.7 Å². The molecule has 1 aliphatic heterocycles. The Kier molecular flexibility index (Phi) is 8.58. The van der Waals surface area contributed by atoms with Crippen molar-refractivity contribution in [3.63, 3.8) is 0 Å². The van der Waals surface area contributed by atoms with Crippen LogP contribution in [0.15, 0.2) is 38.9 Å². The van der Waals surface area contributed by atoms with Crippen LogP contribution in [-0.2, 0) is 4.74 Å². The number of piperazine rings is 1. The molecule has 0 radical (unpaired) electrons. The number of nitrogens with one attached hydrogen (secondary N) is 1. The van der Waals surface area contributed by atoms with Crippen molar-refractivity contribution in [1.29, 1.82) is 0 Å². The fourth-order valence-electron chi connectivity index (χ4n) is 3.04. The molecular formula is C20H25F3N4O2S2. The summed E-state index contributed by atoms with van der Waals surface area (Å²) in [5.41, 5.74) is 1.74. The number of aryl methyl sites for hydroxylation is 1. The van der Waals surface area contributed by atoms with Crippen molar-refractivity contribution in [3.05, 3.63) is 35.3 Å². The number of rotatable bonds is 8. The van der Waals surface area contributed by atoms with Crippen molar-refractivity contribution < 1.29 is 22.7 Å². The molecule has 0 spiro atoms. The van der Waals surface area contributed by atoms with Gasteiger partial charge in [-0.15, -0.1) is 11.3 Å². The van der Waals surface area contributed by atoms with Crippen molar-refractivity contribution >= 4 is 34.8 Å². The lowest BCUT2D eigenvalue weighted by Crippen LogP contribution is -2.50. The van der Waals surface area contributed by atoms with Gasteiger partial charge in [-0.1, -0.05) is 11.8 Å². The van der Waals surface area contributed by atoms with Gasteiger partial charge in [-0.05, 0) is 37.6 Å². The molecule has 2 heterocycles. The van der Waals surface area contributed by atoms with E-state index in [2.05, 4.69) is 19.9 Å². The average Bonchev–Trinajstić information content (AvgIpc) is 3.13. The number of thiazole rings is 1. The lowest BCUT2D eigenvalue weighted by Gasteiger charge is -2.34. The Labute approximate surface area is 187 Å². The fraction of sp³-hybridized carbons (Fsp3) is 0.500. The number of hydrogen-bond donors (Lipinski definition) is 1. The number of carbonyl (C=O) groups excluding carboxylic acids is 1. The van der Waals surface area contributed by atoms with Gasteiger partial charge in [0.25, 0.3) is 0 Å². The summed E-state index contributed by atoms with van der Waals surface area (Å²) in [5, 5.41) is 4.93. The van der Waals surface area contributed by atoms with E-state index in [1.807, 2.05) is 36.6 Å². The van der Waals surface area contributed by atoms with Gasteiger partial charge < -0.3 is 15.0 Å². The minimum absolute atomic E-state index is 0.0800. The van der Waals surface area contributed by atoms with Crippen LogP contribution in [0, 0.1) is 6.92 Å². The summed E-state index contributed by atoms with van der Waals surface area (Å²) in [6, 6.07) is 7.51. The SMILES string of the molecule is Cc1csc(Sc2ccc(NC(=O)N3CCN(CCCOCC(F)(F)F)CC3)cc2)n1. The summed E-state index contributed by atoms with van der Waals surface area (Å²) in [6.45, 7) is 4.03. The normalized spacial score (nSPS) is 15.3. The van der Waals surface area contributed by atoms with Gasteiger partial charge in [0.15, 0.2) is 4.34 Å². The monoisotopic (exact) mass is 474 g/mol. The number of halogens is 3. The van der Waals surface area contributed by atoms with Crippen LogP contribution in [0.1, 0.15) is 12.1 Å². The quantitative estimate of drug-likeness (QED) is 0.561. The number of carbonyl (C=O) groups is 1. The van der Waals surface area contributed by atoms with Crippen LogP contribution >= 0.6 is 23.1 Å². The highest BCUT2D eigenvalue weighted by atomic mass is 32.2. The maximum atomic E-state index is 12.5. The van der Waals surface area contributed by atoms with Gasteiger partial charge in [0.1, 0.15) is 6.61 Å². The first-order valence-corrected chi connectivity index (χ1v) is 11.6. The minimum atomic E-state index is -4.28. The largest absolute Gasteiger partial charge is 0.411 e. The van der Waals surface area contributed by atoms with Crippen molar-refractivity contribution in [2.45, 2.75) is 28.8 Å². The van der Waals surface area contributed by atoms with E-state index in [1.54, 1.807) is 28.0 Å². The molecule has 2 amide bonds. The third-order valence-corrected chi connectivity index (χ3v) is 6.66. The molecule has 170 valence electrons. The summed E-state index contributed by atoms with van der Waals surface area (Å²) >= 11 is 3.19. The smallest absolute Gasteiger partial charge is 0.372 e. The molecule has 0 unspecified atom stereocenters. The van der Waals surface area contributed by atoms with Crippen LogP contribution in [0.3, 0.4) is 0 Å². The summed E-state index contributed by atoms with van der Waals surface area (Å²) in [6.07, 6.45) is -3.74. The lowest BCUT2D eigenvalue weighted by atomic mass is 10.3. The van der Waals surface area contributed by atoms with Gasteiger partial charge in [0.2, 0.25) is 0 Å². The minimum Gasteiger partial charge on any atom is -0.372 e. The highest BCUT2D eigenvalue weighted by Crippen LogP contribution is 2.30. The van der Waals surface area contributed by atoms with Gasteiger partial charge in [0.05, 0.1) is 0 Å². The van der Waals surface area contributed by atoms with Gasteiger partial charge in [-0.2, -0.15) is 13.2 Å². The first-order chi connectivity index (χ1) is 14.8. The van der Waals surface area contributed by atoms with Crippen LogP contribution < -0.4 is 5.32 Å². The molecule has 1 N–H and O–H groups in total. The van der Waals surface area contributed by atoms with Crippen molar-refractivity contribution in [2.75, 3.05) is 51.3 Å². The molecule has 3 rings (SSSR count). The van der Waals surface area contributed by atoms with Crippen LogP contribution in [-0.4, -0.2) is 72.9 Å². The molecule has 31 heavy (non-hydrogen) atoms. The first-order valence-electron chi connectivity index (χ1n) is 9.91. The molecule has 11 heteroatoms. The Bertz CT molecular complexity index is 838. The van der Waals surface area contributed by atoms with Crippen LogP contribution in [0.5, 0.6) is 0 Å². The van der Waals surface area contributed by atoms with Crippen LogP contribution in [0.2, 0.25) is 0 Å². The predicted octanol–water partition coefficient (Wildman–Crippen LogP) is 4.72. The number of urea groups is 1. The zero-order valence-corrected chi connectivity index (χ0v) is 18.8. The Hall–Kier alpha value is -1.82. The second kappa shape index (κ2) is 11.2. The van der Waals surface area contributed by atoms with E-state index in [0.29, 0.717) is 39.1 Å². The number of aromatic nitrogens is 1. The second-order valence-corrected chi connectivity index (χ2v) is 9.34. The van der Waals surface area contributed by atoms with Crippen LogP contribution in [0.4, 0.5) is 23.7 Å². The second-order valence-electron chi connectivity index (χ2n) is 7.16. The number of benzene rings is 1.